The average molecular weight is 348 g/mol. The first kappa shape index (κ1) is 16.6. The van der Waals surface area contributed by atoms with Crippen molar-refractivity contribution in [1.82, 2.24) is 5.32 Å². The van der Waals surface area contributed by atoms with Crippen LogP contribution in [-0.2, 0) is 0 Å². The second kappa shape index (κ2) is 8.01. The fourth-order valence-corrected chi connectivity index (χ4v) is 3.18. The second-order valence-corrected chi connectivity index (χ2v) is 7.00. The van der Waals surface area contributed by atoms with Gasteiger partial charge in [0.25, 0.3) is 0 Å². The van der Waals surface area contributed by atoms with E-state index in [0.717, 1.165) is 19.0 Å². The first-order chi connectivity index (χ1) is 10.2. The van der Waals surface area contributed by atoms with E-state index in [1.54, 1.807) is 0 Å². The van der Waals surface area contributed by atoms with E-state index < -0.39 is 0 Å². The van der Waals surface area contributed by atoms with Gasteiger partial charge in [-0.05, 0) is 31.3 Å². The Morgan fingerprint density at radius 3 is 2.86 bits per heavy atom. The number of nitrogens with one attached hydrogen (secondary N) is 1. The SMILES string of the molecule is C/C=C(/CNC1CC1)C1C#CC(C(C)CC)/C(Br)=C\C=C1. The van der Waals surface area contributed by atoms with Gasteiger partial charge in [-0.15, -0.1) is 0 Å². The Morgan fingerprint density at radius 2 is 2.24 bits per heavy atom. The van der Waals surface area contributed by atoms with E-state index in [0.29, 0.717) is 11.8 Å². The smallest absolute Gasteiger partial charge is 0.0608 e. The number of halogens is 1. The second-order valence-electron chi connectivity index (χ2n) is 6.08. The minimum atomic E-state index is 0.240. The van der Waals surface area contributed by atoms with E-state index >= 15 is 0 Å². The minimum absolute atomic E-state index is 0.240. The van der Waals surface area contributed by atoms with Crippen LogP contribution in [-0.4, -0.2) is 12.6 Å². The van der Waals surface area contributed by atoms with Gasteiger partial charge in [-0.2, -0.15) is 0 Å². The maximum absolute atomic E-state index is 3.69. The molecule has 0 aromatic rings. The largest absolute Gasteiger partial charge is 0.310 e. The van der Waals surface area contributed by atoms with Gasteiger partial charge in [0.2, 0.25) is 0 Å². The monoisotopic (exact) mass is 347 g/mol. The van der Waals surface area contributed by atoms with E-state index in [2.05, 4.69) is 78.2 Å². The van der Waals surface area contributed by atoms with E-state index in [-0.39, 0.29) is 5.92 Å². The predicted molar refractivity (Wildman–Crippen MR) is 95.1 cm³/mol. The quantitative estimate of drug-likeness (QED) is 0.536. The van der Waals surface area contributed by atoms with Gasteiger partial charge in [-0.1, -0.05) is 72.3 Å². The van der Waals surface area contributed by atoms with Crippen molar-refractivity contribution in [3.05, 3.63) is 34.4 Å². The van der Waals surface area contributed by atoms with E-state index in [1.807, 2.05) is 0 Å². The van der Waals surface area contributed by atoms with Gasteiger partial charge in [0.15, 0.2) is 0 Å². The molecule has 0 heterocycles. The van der Waals surface area contributed by atoms with Crippen molar-refractivity contribution < 1.29 is 0 Å². The summed E-state index contributed by atoms with van der Waals surface area (Å²) >= 11 is 3.69. The zero-order valence-corrected chi connectivity index (χ0v) is 14.9. The topological polar surface area (TPSA) is 12.0 Å². The first-order valence-electron chi connectivity index (χ1n) is 8.09. The van der Waals surface area contributed by atoms with Crippen LogP contribution in [0.25, 0.3) is 0 Å². The Labute approximate surface area is 138 Å². The molecule has 2 aliphatic carbocycles. The maximum atomic E-state index is 3.69. The third-order valence-corrected chi connectivity index (χ3v) is 5.16. The molecule has 1 fully saturated rings. The third kappa shape index (κ3) is 4.87. The lowest BCUT2D eigenvalue weighted by Gasteiger charge is -2.19. The Kier molecular flexibility index (Phi) is 6.33. The zero-order chi connectivity index (χ0) is 15.2. The number of allylic oxidation sites excluding steroid dienone is 5. The summed E-state index contributed by atoms with van der Waals surface area (Å²) in [6, 6.07) is 0.743. The summed E-state index contributed by atoms with van der Waals surface area (Å²) in [6.45, 7) is 7.59. The molecular weight excluding hydrogens is 322 g/mol. The van der Waals surface area contributed by atoms with Crippen LogP contribution >= 0.6 is 15.9 Å². The molecule has 2 rings (SSSR count). The molecule has 0 bridgehead atoms. The Bertz CT molecular complexity index is 499. The molecule has 1 saturated carbocycles. The molecule has 3 unspecified atom stereocenters. The predicted octanol–water partition coefficient (Wildman–Crippen LogP) is 4.82. The number of rotatable bonds is 6. The first-order valence-corrected chi connectivity index (χ1v) is 8.88. The molecule has 0 aliphatic heterocycles. The molecule has 0 aromatic carbocycles. The van der Waals surface area contributed by atoms with Crippen LogP contribution in [0.3, 0.4) is 0 Å². The molecule has 114 valence electrons. The summed E-state index contributed by atoms with van der Waals surface area (Å²) in [5.74, 6) is 8.14. The fourth-order valence-electron chi connectivity index (χ4n) is 2.47. The Morgan fingerprint density at radius 1 is 1.48 bits per heavy atom. The van der Waals surface area contributed by atoms with Crippen molar-refractivity contribution in [3.8, 4) is 11.8 Å². The number of hydrogen-bond acceptors (Lipinski definition) is 1. The van der Waals surface area contributed by atoms with Crippen molar-refractivity contribution >= 4 is 15.9 Å². The van der Waals surface area contributed by atoms with E-state index in [9.17, 15) is 0 Å². The van der Waals surface area contributed by atoms with Gasteiger partial charge < -0.3 is 5.32 Å². The van der Waals surface area contributed by atoms with Crippen LogP contribution in [0.5, 0.6) is 0 Å². The summed E-state index contributed by atoms with van der Waals surface area (Å²) in [5.41, 5.74) is 1.39. The highest BCUT2D eigenvalue weighted by molar-refractivity contribution is 9.11. The van der Waals surface area contributed by atoms with E-state index in [1.165, 1.54) is 22.9 Å². The lowest BCUT2D eigenvalue weighted by atomic mass is 9.89. The van der Waals surface area contributed by atoms with Crippen LogP contribution in [0.1, 0.15) is 40.0 Å². The summed E-state index contributed by atoms with van der Waals surface area (Å²) in [6.07, 6.45) is 12.6. The summed E-state index contributed by atoms with van der Waals surface area (Å²) < 4.78 is 1.21. The molecule has 0 spiro atoms. The lowest BCUT2D eigenvalue weighted by molar-refractivity contribution is 0.490. The highest BCUT2D eigenvalue weighted by Crippen LogP contribution is 2.29. The normalized spacial score (nSPS) is 29.7. The molecule has 1 N–H and O–H groups in total. The molecule has 0 radical (unpaired) electrons. The Balaban J connectivity index is 2.12. The van der Waals surface area contributed by atoms with Crippen molar-refractivity contribution in [1.29, 1.82) is 0 Å². The molecule has 0 amide bonds. The average Bonchev–Trinajstić information content (AvgIpc) is 3.28. The molecular formula is C19H26BrN. The molecule has 2 heteroatoms. The van der Waals surface area contributed by atoms with E-state index in [4.69, 9.17) is 0 Å². The van der Waals surface area contributed by atoms with Gasteiger partial charge >= 0.3 is 0 Å². The van der Waals surface area contributed by atoms with Crippen molar-refractivity contribution in [2.24, 2.45) is 17.8 Å². The molecule has 3 atom stereocenters. The number of hydrogen-bond donors (Lipinski definition) is 1. The van der Waals surface area contributed by atoms with Gasteiger partial charge in [-0.3, -0.25) is 0 Å². The summed E-state index contributed by atoms with van der Waals surface area (Å²) in [5, 5.41) is 3.60. The molecule has 0 aromatic heterocycles. The molecule has 21 heavy (non-hydrogen) atoms. The lowest BCUT2D eigenvalue weighted by Crippen LogP contribution is -2.22. The summed E-state index contributed by atoms with van der Waals surface area (Å²) in [7, 11) is 0. The van der Waals surface area contributed by atoms with Crippen LogP contribution in [0, 0.1) is 29.6 Å². The van der Waals surface area contributed by atoms with Crippen LogP contribution in [0.4, 0.5) is 0 Å². The highest BCUT2D eigenvalue weighted by atomic mass is 79.9. The molecule has 2 aliphatic rings. The van der Waals surface area contributed by atoms with Gasteiger partial charge in [0.05, 0.1) is 11.8 Å². The zero-order valence-electron chi connectivity index (χ0n) is 13.3. The van der Waals surface area contributed by atoms with Gasteiger partial charge in [0, 0.05) is 17.1 Å². The van der Waals surface area contributed by atoms with Gasteiger partial charge in [-0.25, -0.2) is 0 Å². The van der Waals surface area contributed by atoms with Crippen molar-refractivity contribution in [2.75, 3.05) is 6.54 Å². The van der Waals surface area contributed by atoms with Crippen LogP contribution < -0.4 is 5.32 Å². The fraction of sp³-hybridized carbons (Fsp3) is 0.579. The summed E-state index contributed by atoms with van der Waals surface area (Å²) in [4.78, 5) is 0. The van der Waals surface area contributed by atoms with Gasteiger partial charge in [0.1, 0.15) is 0 Å². The highest BCUT2D eigenvalue weighted by Gasteiger charge is 2.22. The third-order valence-electron chi connectivity index (χ3n) is 4.41. The van der Waals surface area contributed by atoms with Crippen LogP contribution in [0.15, 0.2) is 34.4 Å². The molecule has 0 saturated heterocycles. The van der Waals surface area contributed by atoms with Crippen molar-refractivity contribution in [2.45, 2.75) is 46.1 Å². The standard InChI is InChI=1S/C19H26BrN/c1-4-14(3)18-12-9-16(7-6-8-19(18)20)15(5-2)13-21-17-10-11-17/h5-8,14,16-18,21H,4,10-11,13H2,1-3H3/b7-6?,15-5-,19-8+. The Hall–Kier alpha value is -0.780. The van der Waals surface area contributed by atoms with Crippen molar-refractivity contribution in [3.63, 3.8) is 0 Å². The maximum Gasteiger partial charge on any atom is 0.0608 e. The minimum Gasteiger partial charge on any atom is -0.310 e. The molecule has 1 nitrogen and oxygen atoms in total. The van der Waals surface area contributed by atoms with Crippen LogP contribution in [0.2, 0.25) is 0 Å².